The first kappa shape index (κ1) is 18.1. The molecule has 30 heavy (non-hydrogen) atoms. The van der Waals surface area contributed by atoms with Crippen LogP contribution in [0.4, 0.5) is 5.69 Å². The largest absolute Gasteiger partial charge is 0.482 e. The van der Waals surface area contributed by atoms with E-state index in [1.54, 1.807) is 11.9 Å². The minimum absolute atomic E-state index is 0.0337. The van der Waals surface area contributed by atoms with Crippen molar-refractivity contribution in [1.82, 2.24) is 9.78 Å². The molecular formula is C24H19N3O3. The number of hydrogen-bond donors (Lipinski definition) is 0. The van der Waals surface area contributed by atoms with E-state index in [9.17, 15) is 9.59 Å². The number of rotatable bonds is 3. The quantitative estimate of drug-likeness (QED) is 0.531. The van der Waals surface area contributed by atoms with Crippen molar-refractivity contribution in [3.63, 3.8) is 0 Å². The Morgan fingerprint density at radius 1 is 0.933 bits per heavy atom. The maximum Gasteiger partial charge on any atom is 0.274 e. The molecule has 0 bridgehead atoms. The Kier molecular flexibility index (Phi) is 4.32. The Hall–Kier alpha value is -3.93. The van der Waals surface area contributed by atoms with Gasteiger partial charge in [-0.1, -0.05) is 48.5 Å². The van der Waals surface area contributed by atoms with Crippen LogP contribution in [-0.4, -0.2) is 29.3 Å². The highest BCUT2D eigenvalue weighted by Gasteiger charge is 2.23. The first-order valence-electron chi connectivity index (χ1n) is 9.69. The van der Waals surface area contributed by atoms with E-state index in [1.165, 1.54) is 4.68 Å². The molecule has 0 saturated heterocycles. The van der Waals surface area contributed by atoms with E-state index in [4.69, 9.17) is 9.84 Å². The van der Waals surface area contributed by atoms with Gasteiger partial charge in [0.15, 0.2) is 6.61 Å². The second-order valence-corrected chi connectivity index (χ2v) is 7.27. The number of carbonyl (C=O) groups excluding carboxylic acids is 1. The van der Waals surface area contributed by atoms with Crippen molar-refractivity contribution in [2.75, 3.05) is 18.6 Å². The van der Waals surface area contributed by atoms with E-state index in [2.05, 4.69) is 0 Å². The topological polar surface area (TPSA) is 64.4 Å². The van der Waals surface area contributed by atoms with Crippen LogP contribution in [0.2, 0.25) is 0 Å². The fraction of sp³-hybridized carbons (Fsp3) is 0.125. The Labute approximate surface area is 172 Å². The molecule has 2 heterocycles. The lowest BCUT2D eigenvalue weighted by Crippen LogP contribution is -2.35. The average Bonchev–Trinajstić information content (AvgIpc) is 2.79. The number of nitrogens with zero attached hydrogens (tertiary/aromatic N) is 3. The number of aromatic nitrogens is 2. The monoisotopic (exact) mass is 397 g/mol. The first-order chi connectivity index (χ1) is 14.6. The summed E-state index contributed by atoms with van der Waals surface area (Å²) in [5, 5.41) is 6.10. The van der Waals surface area contributed by atoms with Gasteiger partial charge in [-0.2, -0.15) is 5.10 Å². The molecule has 1 aliphatic rings. The summed E-state index contributed by atoms with van der Waals surface area (Å²) in [7, 11) is 1.73. The molecule has 0 saturated carbocycles. The number of anilines is 1. The summed E-state index contributed by atoms with van der Waals surface area (Å²) in [6.45, 7) is 0.413. The third-order valence-electron chi connectivity index (χ3n) is 5.36. The molecule has 5 rings (SSSR count). The van der Waals surface area contributed by atoms with E-state index in [0.717, 1.165) is 16.5 Å². The minimum atomic E-state index is -0.133. The highest BCUT2D eigenvalue weighted by atomic mass is 16.5. The molecule has 1 aliphatic heterocycles. The number of carbonyl (C=O) groups is 1. The van der Waals surface area contributed by atoms with Gasteiger partial charge in [-0.05, 0) is 29.8 Å². The number of hydrogen-bond acceptors (Lipinski definition) is 4. The lowest BCUT2D eigenvalue weighted by molar-refractivity contribution is -0.120. The van der Waals surface area contributed by atoms with E-state index < -0.39 is 0 Å². The van der Waals surface area contributed by atoms with Crippen molar-refractivity contribution in [2.24, 2.45) is 0 Å². The van der Waals surface area contributed by atoms with Gasteiger partial charge in [-0.3, -0.25) is 9.59 Å². The normalized spacial score (nSPS) is 13.2. The van der Waals surface area contributed by atoms with Crippen LogP contribution < -0.4 is 15.2 Å². The predicted octanol–water partition coefficient (Wildman–Crippen LogP) is 3.47. The molecule has 0 fully saturated rings. The maximum atomic E-state index is 13.1. The smallest absolute Gasteiger partial charge is 0.274 e. The molecule has 1 aromatic heterocycles. The molecule has 0 radical (unpaired) electrons. The molecule has 0 unspecified atom stereocenters. The van der Waals surface area contributed by atoms with Crippen LogP contribution in [0.3, 0.4) is 0 Å². The lowest BCUT2D eigenvalue weighted by Gasteiger charge is -2.26. The zero-order valence-electron chi connectivity index (χ0n) is 16.4. The van der Waals surface area contributed by atoms with Gasteiger partial charge in [0, 0.05) is 18.0 Å². The predicted molar refractivity (Wildman–Crippen MR) is 116 cm³/mol. The summed E-state index contributed by atoms with van der Waals surface area (Å²) in [6.07, 6.45) is 0. The van der Waals surface area contributed by atoms with Crippen LogP contribution in [0.5, 0.6) is 5.75 Å². The molecule has 3 aromatic carbocycles. The summed E-state index contributed by atoms with van der Waals surface area (Å²) in [4.78, 5) is 26.7. The van der Waals surface area contributed by atoms with Crippen molar-refractivity contribution in [1.29, 1.82) is 0 Å². The fourth-order valence-electron chi connectivity index (χ4n) is 3.73. The lowest BCUT2D eigenvalue weighted by atomic mass is 10.0. The summed E-state index contributed by atoms with van der Waals surface area (Å²) < 4.78 is 7.04. The Bertz CT molecular complexity index is 1330. The number of ether oxygens (including phenoxy) is 1. The van der Waals surface area contributed by atoms with Crippen molar-refractivity contribution in [2.45, 2.75) is 6.54 Å². The molecule has 0 aliphatic carbocycles. The molecule has 0 atom stereocenters. The molecule has 1 amide bonds. The van der Waals surface area contributed by atoms with Gasteiger partial charge >= 0.3 is 0 Å². The van der Waals surface area contributed by atoms with Crippen molar-refractivity contribution < 1.29 is 9.53 Å². The van der Waals surface area contributed by atoms with Gasteiger partial charge in [-0.15, -0.1) is 0 Å². The zero-order valence-corrected chi connectivity index (χ0v) is 16.4. The molecule has 6 heteroatoms. The Balaban J connectivity index is 1.70. The third kappa shape index (κ3) is 3.03. The highest BCUT2D eigenvalue weighted by Crippen LogP contribution is 2.36. The molecule has 148 valence electrons. The van der Waals surface area contributed by atoms with Crippen LogP contribution in [0.25, 0.3) is 22.0 Å². The van der Waals surface area contributed by atoms with Crippen molar-refractivity contribution in [3.8, 4) is 17.0 Å². The minimum Gasteiger partial charge on any atom is -0.482 e. The number of likely N-dealkylation sites (N-methyl/N-ethyl adjacent to an activating group) is 1. The third-order valence-corrected chi connectivity index (χ3v) is 5.36. The van der Waals surface area contributed by atoms with E-state index in [0.29, 0.717) is 29.1 Å². The van der Waals surface area contributed by atoms with Crippen LogP contribution in [0, 0.1) is 0 Å². The molecule has 4 aromatic rings. The SMILES string of the molecule is CN1C(=O)COc2ccc(-c3nn(Cc4ccccc4)c(=O)c4ccccc34)cc21. The van der Waals surface area contributed by atoms with Crippen molar-refractivity contribution in [3.05, 3.63) is 88.7 Å². The molecular weight excluding hydrogens is 378 g/mol. The van der Waals surface area contributed by atoms with E-state index >= 15 is 0 Å². The van der Waals surface area contributed by atoms with Crippen LogP contribution >= 0.6 is 0 Å². The summed E-state index contributed by atoms with van der Waals surface area (Å²) in [5.41, 5.74) is 3.06. The van der Waals surface area contributed by atoms with E-state index in [1.807, 2.05) is 72.8 Å². The molecule has 0 spiro atoms. The van der Waals surface area contributed by atoms with Gasteiger partial charge in [-0.25, -0.2) is 4.68 Å². The van der Waals surface area contributed by atoms with E-state index in [-0.39, 0.29) is 18.1 Å². The average molecular weight is 397 g/mol. The highest BCUT2D eigenvalue weighted by molar-refractivity contribution is 5.99. The van der Waals surface area contributed by atoms with Crippen LogP contribution in [0.1, 0.15) is 5.56 Å². The number of fused-ring (bicyclic) bond motifs is 2. The van der Waals surface area contributed by atoms with Gasteiger partial charge in [0.1, 0.15) is 5.75 Å². The van der Waals surface area contributed by atoms with Gasteiger partial charge in [0.05, 0.1) is 23.3 Å². The second-order valence-electron chi connectivity index (χ2n) is 7.27. The standard InChI is InChI=1S/C24H19N3O3/c1-26-20-13-17(11-12-21(20)30-15-22(26)28)23-18-9-5-6-10-19(18)24(29)27(25-23)14-16-7-3-2-4-8-16/h2-13H,14-15H2,1H3. The van der Waals surface area contributed by atoms with Crippen LogP contribution in [0.15, 0.2) is 77.6 Å². The van der Waals surface area contributed by atoms with Crippen LogP contribution in [-0.2, 0) is 11.3 Å². The second kappa shape index (κ2) is 7.15. The van der Waals surface area contributed by atoms with Gasteiger partial charge < -0.3 is 9.64 Å². The summed E-state index contributed by atoms with van der Waals surface area (Å²) in [5.74, 6) is 0.550. The Morgan fingerprint density at radius 2 is 1.67 bits per heavy atom. The number of amides is 1. The van der Waals surface area contributed by atoms with Gasteiger partial charge in [0.2, 0.25) is 0 Å². The van der Waals surface area contributed by atoms with Crippen molar-refractivity contribution >= 4 is 22.4 Å². The fourth-order valence-corrected chi connectivity index (χ4v) is 3.73. The summed E-state index contributed by atoms with van der Waals surface area (Å²) >= 11 is 0. The first-order valence-corrected chi connectivity index (χ1v) is 9.69. The molecule has 0 N–H and O–H groups in total. The van der Waals surface area contributed by atoms with Gasteiger partial charge in [0.25, 0.3) is 11.5 Å². The molecule has 6 nitrogen and oxygen atoms in total. The maximum absolute atomic E-state index is 13.1. The Morgan fingerprint density at radius 3 is 2.47 bits per heavy atom. The zero-order chi connectivity index (χ0) is 20.7. The summed E-state index contributed by atoms with van der Waals surface area (Å²) in [6, 6.07) is 22.9. The number of benzene rings is 3.